The average molecular weight is 325 g/mol. The summed E-state index contributed by atoms with van der Waals surface area (Å²) in [4.78, 5) is 16.0. The molecule has 21 heavy (non-hydrogen) atoms. The summed E-state index contributed by atoms with van der Waals surface area (Å²) in [5, 5.41) is 5.55. The van der Waals surface area contributed by atoms with Crippen molar-refractivity contribution in [1.29, 1.82) is 0 Å². The van der Waals surface area contributed by atoms with Gasteiger partial charge in [0.15, 0.2) is 6.61 Å². The van der Waals surface area contributed by atoms with Crippen LogP contribution in [0.25, 0.3) is 10.6 Å². The van der Waals surface area contributed by atoms with Crippen LogP contribution in [0.5, 0.6) is 5.75 Å². The normalized spacial score (nSPS) is 10.4. The molecule has 1 amide bonds. The van der Waals surface area contributed by atoms with Crippen LogP contribution in [0.3, 0.4) is 0 Å². The van der Waals surface area contributed by atoms with Gasteiger partial charge in [-0.25, -0.2) is 4.98 Å². The number of carbonyl (C=O) groups is 1. The van der Waals surface area contributed by atoms with Crippen LogP contribution in [0.15, 0.2) is 29.6 Å². The molecule has 0 spiro atoms. The number of hydrogen-bond acceptors (Lipinski definition) is 4. The largest absolute Gasteiger partial charge is 0.483 e. The summed E-state index contributed by atoms with van der Waals surface area (Å²) < 4.78 is 5.61. The third-order valence-corrected chi connectivity index (χ3v) is 3.94. The molecule has 112 valence electrons. The van der Waals surface area contributed by atoms with Gasteiger partial charge in [0.05, 0.1) is 17.1 Å². The Balaban J connectivity index is 2.08. The SMILES string of the molecule is CCCNC(=O)COc1ccccc1-c1nc(CCl)cs1. The summed E-state index contributed by atoms with van der Waals surface area (Å²) in [5.41, 5.74) is 1.72. The molecule has 0 radical (unpaired) electrons. The standard InChI is InChI=1S/C15H17ClN2O2S/c1-2-7-17-14(19)9-20-13-6-4-3-5-12(13)15-18-11(8-16)10-21-15/h3-6,10H,2,7-9H2,1H3,(H,17,19). The molecule has 1 heterocycles. The second kappa shape index (κ2) is 8.00. The summed E-state index contributed by atoms with van der Waals surface area (Å²) in [5.74, 6) is 0.922. The van der Waals surface area contributed by atoms with Gasteiger partial charge in [-0.2, -0.15) is 0 Å². The Kier molecular flexibility index (Phi) is 6.02. The van der Waals surface area contributed by atoms with Crippen molar-refractivity contribution in [3.63, 3.8) is 0 Å². The van der Waals surface area contributed by atoms with E-state index in [0.29, 0.717) is 18.2 Å². The van der Waals surface area contributed by atoms with Gasteiger partial charge in [0.25, 0.3) is 5.91 Å². The molecule has 1 aromatic carbocycles. The van der Waals surface area contributed by atoms with E-state index in [2.05, 4.69) is 10.3 Å². The Hall–Kier alpha value is -1.59. The van der Waals surface area contributed by atoms with Crippen LogP contribution in [0.4, 0.5) is 0 Å². The maximum absolute atomic E-state index is 11.6. The Morgan fingerprint density at radius 3 is 2.95 bits per heavy atom. The van der Waals surface area contributed by atoms with Gasteiger partial charge in [0.2, 0.25) is 0 Å². The maximum atomic E-state index is 11.6. The van der Waals surface area contributed by atoms with E-state index in [-0.39, 0.29) is 12.5 Å². The third kappa shape index (κ3) is 4.44. The van der Waals surface area contributed by atoms with Crippen LogP contribution < -0.4 is 10.1 Å². The minimum Gasteiger partial charge on any atom is -0.483 e. The van der Waals surface area contributed by atoms with E-state index in [1.54, 1.807) is 0 Å². The summed E-state index contributed by atoms with van der Waals surface area (Å²) in [7, 11) is 0. The molecule has 1 aromatic heterocycles. The van der Waals surface area contributed by atoms with E-state index in [9.17, 15) is 4.79 Å². The van der Waals surface area contributed by atoms with E-state index >= 15 is 0 Å². The Bertz CT molecular complexity index is 601. The van der Waals surface area contributed by atoms with Crippen molar-refractivity contribution >= 4 is 28.8 Å². The van der Waals surface area contributed by atoms with Crippen molar-refractivity contribution in [3.8, 4) is 16.3 Å². The number of thiazole rings is 1. The first-order valence-corrected chi connectivity index (χ1v) is 8.15. The molecule has 2 aromatic rings. The molecular weight excluding hydrogens is 308 g/mol. The zero-order valence-electron chi connectivity index (χ0n) is 11.8. The zero-order chi connectivity index (χ0) is 15.1. The Morgan fingerprint density at radius 1 is 1.43 bits per heavy atom. The molecule has 4 nitrogen and oxygen atoms in total. The van der Waals surface area contributed by atoms with Gasteiger partial charge in [-0.3, -0.25) is 4.79 Å². The maximum Gasteiger partial charge on any atom is 0.257 e. The fourth-order valence-electron chi connectivity index (χ4n) is 1.72. The van der Waals surface area contributed by atoms with E-state index < -0.39 is 0 Å². The Morgan fingerprint density at radius 2 is 2.24 bits per heavy atom. The molecular formula is C15H17ClN2O2S. The van der Waals surface area contributed by atoms with E-state index in [0.717, 1.165) is 22.7 Å². The van der Waals surface area contributed by atoms with Crippen LogP contribution in [-0.2, 0) is 10.7 Å². The molecule has 0 aliphatic rings. The molecule has 0 fully saturated rings. The number of amides is 1. The molecule has 0 aliphatic carbocycles. The van der Waals surface area contributed by atoms with E-state index in [4.69, 9.17) is 16.3 Å². The van der Waals surface area contributed by atoms with Crippen LogP contribution in [-0.4, -0.2) is 24.0 Å². The zero-order valence-corrected chi connectivity index (χ0v) is 13.3. The highest BCUT2D eigenvalue weighted by atomic mass is 35.5. The number of alkyl halides is 1. The number of halogens is 1. The van der Waals surface area contributed by atoms with Gasteiger partial charge in [-0.15, -0.1) is 22.9 Å². The highest BCUT2D eigenvalue weighted by molar-refractivity contribution is 7.13. The van der Waals surface area contributed by atoms with Crippen LogP contribution >= 0.6 is 22.9 Å². The fourth-order valence-corrected chi connectivity index (χ4v) is 2.80. The number of benzene rings is 1. The minimum atomic E-state index is -0.118. The lowest BCUT2D eigenvalue weighted by Crippen LogP contribution is -2.29. The molecule has 2 rings (SSSR count). The first-order chi connectivity index (χ1) is 10.2. The number of aromatic nitrogens is 1. The Labute approximate surface area is 133 Å². The lowest BCUT2D eigenvalue weighted by Gasteiger charge is -2.09. The molecule has 0 saturated heterocycles. The molecule has 6 heteroatoms. The van der Waals surface area contributed by atoms with Gasteiger partial charge >= 0.3 is 0 Å². The molecule has 1 N–H and O–H groups in total. The lowest BCUT2D eigenvalue weighted by molar-refractivity contribution is -0.123. The number of nitrogens with one attached hydrogen (secondary N) is 1. The predicted molar refractivity (Wildman–Crippen MR) is 85.9 cm³/mol. The number of carbonyl (C=O) groups excluding carboxylic acids is 1. The molecule has 0 aliphatic heterocycles. The van der Waals surface area contributed by atoms with Gasteiger partial charge in [0.1, 0.15) is 10.8 Å². The smallest absolute Gasteiger partial charge is 0.257 e. The second-order valence-electron chi connectivity index (χ2n) is 4.41. The van der Waals surface area contributed by atoms with E-state index in [1.165, 1.54) is 11.3 Å². The van der Waals surface area contributed by atoms with Crippen LogP contribution in [0, 0.1) is 0 Å². The second-order valence-corrected chi connectivity index (χ2v) is 5.54. The van der Waals surface area contributed by atoms with Crippen molar-refractivity contribution in [2.75, 3.05) is 13.2 Å². The van der Waals surface area contributed by atoms with Crippen molar-refractivity contribution in [2.24, 2.45) is 0 Å². The number of nitrogens with zero attached hydrogens (tertiary/aromatic N) is 1. The number of hydrogen-bond donors (Lipinski definition) is 1. The van der Waals surface area contributed by atoms with Gasteiger partial charge in [-0.1, -0.05) is 19.1 Å². The lowest BCUT2D eigenvalue weighted by atomic mass is 10.2. The third-order valence-electron chi connectivity index (χ3n) is 2.74. The molecule has 0 atom stereocenters. The highest BCUT2D eigenvalue weighted by Crippen LogP contribution is 2.32. The van der Waals surface area contributed by atoms with Crippen molar-refractivity contribution in [1.82, 2.24) is 10.3 Å². The average Bonchev–Trinajstić information content (AvgIpc) is 3.00. The van der Waals surface area contributed by atoms with E-state index in [1.807, 2.05) is 36.6 Å². The summed E-state index contributed by atoms with van der Waals surface area (Å²) in [6.07, 6.45) is 0.905. The topological polar surface area (TPSA) is 51.2 Å². The predicted octanol–water partition coefficient (Wildman–Crippen LogP) is 3.45. The van der Waals surface area contributed by atoms with Crippen LogP contribution in [0.2, 0.25) is 0 Å². The quantitative estimate of drug-likeness (QED) is 0.794. The fraction of sp³-hybridized carbons (Fsp3) is 0.333. The van der Waals surface area contributed by atoms with Crippen molar-refractivity contribution < 1.29 is 9.53 Å². The van der Waals surface area contributed by atoms with Gasteiger partial charge in [-0.05, 0) is 18.6 Å². The van der Waals surface area contributed by atoms with Crippen molar-refractivity contribution in [2.45, 2.75) is 19.2 Å². The molecule has 0 saturated carbocycles. The summed E-state index contributed by atoms with van der Waals surface area (Å²) >= 11 is 7.29. The van der Waals surface area contributed by atoms with Gasteiger partial charge in [0, 0.05) is 11.9 Å². The molecule has 0 unspecified atom stereocenters. The van der Waals surface area contributed by atoms with Crippen molar-refractivity contribution in [3.05, 3.63) is 35.3 Å². The van der Waals surface area contributed by atoms with Gasteiger partial charge < -0.3 is 10.1 Å². The first-order valence-electron chi connectivity index (χ1n) is 6.74. The number of rotatable bonds is 7. The first kappa shape index (κ1) is 15.8. The summed E-state index contributed by atoms with van der Waals surface area (Å²) in [6, 6.07) is 7.56. The monoisotopic (exact) mass is 324 g/mol. The minimum absolute atomic E-state index is 0.00471. The summed E-state index contributed by atoms with van der Waals surface area (Å²) in [6.45, 7) is 2.67. The van der Waals surface area contributed by atoms with Crippen LogP contribution in [0.1, 0.15) is 19.0 Å². The number of para-hydroxylation sites is 1. The number of ether oxygens (including phenoxy) is 1. The highest BCUT2D eigenvalue weighted by Gasteiger charge is 2.11. The molecule has 0 bridgehead atoms.